The molecule has 0 N–H and O–H groups in total. The Labute approximate surface area is 95.8 Å². The minimum Gasteiger partial charge on any atom is -0.407 e. The van der Waals surface area contributed by atoms with E-state index in [2.05, 4.69) is 41.6 Å². The first-order valence-corrected chi connectivity index (χ1v) is 4.52. The van der Waals surface area contributed by atoms with Crippen molar-refractivity contribution in [3.8, 4) is 53.8 Å². The largest absolute Gasteiger partial charge is 0.407 e. The molecule has 0 aliphatic carbocycles. The maximum atomic E-state index is 5.12. The van der Waals surface area contributed by atoms with Crippen LogP contribution < -0.4 is 4.74 Å². The lowest BCUT2D eigenvalue weighted by atomic mass is 10.2. The Morgan fingerprint density at radius 3 is 2.25 bits per heavy atom. The highest BCUT2D eigenvalue weighted by Crippen LogP contribution is 2.10. The molecule has 0 bridgehead atoms. The first-order valence-electron chi connectivity index (χ1n) is 4.52. The molecule has 0 aromatic heterocycles. The molecule has 1 heteroatoms. The van der Waals surface area contributed by atoms with Crippen molar-refractivity contribution in [1.82, 2.24) is 0 Å². The summed E-state index contributed by atoms with van der Waals surface area (Å²) in [7, 11) is 0. The summed E-state index contributed by atoms with van der Waals surface area (Å²) < 4.78 is 5.12. The topological polar surface area (TPSA) is 9.23 Å². The molecule has 1 rings (SSSR count). The van der Waals surface area contributed by atoms with Gasteiger partial charge in [-0.15, -0.1) is 6.42 Å². The van der Waals surface area contributed by atoms with Gasteiger partial charge in [0.05, 0.1) is 0 Å². The van der Waals surface area contributed by atoms with E-state index >= 15 is 0 Å². The third kappa shape index (κ3) is 4.48. The molecule has 0 saturated carbocycles. The van der Waals surface area contributed by atoms with Crippen LogP contribution >= 0.6 is 0 Å². The van der Waals surface area contributed by atoms with Crippen LogP contribution in [0, 0.1) is 55.0 Å². The van der Waals surface area contributed by atoms with Gasteiger partial charge < -0.3 is 4.74 Å². The van der Waals surface area contributed by atoms with E-state index in [0.29, 0.717) is 5.75 Å². The Bertz CT molecular complexity index is 567. The highest BCUT2D eigenvalue weighted by Gasteiger charge is 1.88. The van der Waals surface area contributed by atoms with Crippen LogP contribution in [0.1, 0.15) is 5.56 Å². The van der Waals surface area contributed by atoms with Crippen molar-refractivity contribution >= 4 is 0 Å². The molecule has 0 spiro atoms. The highest BCUT2D eigenvalue weighted by atomic mass is 16.5. The number of aryl methyl sites for hydroxylation is 1. The van der Waals surface area contributed by atoms with Crippen molar-refractivity contribution in [2.24, 2.45) is 0 Å². The van der Waals surface area contributed by atoms with Gasteiger partial charge in [0.25, 0.3) is 0 Å². The summed E-state index contributed by atoms with van der Waals surface area (Å²) in [6.07, 6.45) is 7.36. The van der Waals surface area contributed by atoms with Gasteiger partial charge in [0.2, 0.25) is 0 Å². The standard InChI is InChI=1S/C15H8O/c1-3-4-5-6-7-8-13-16-15-11-9-14(2)10-12-15/h1,9-12H,2H3. The third-order valence-electron chi connectivity index (χ3n) is 1.56. The van der Waals surface area contributed by atoms with E-state index in [0.717, 1.165) is 0 Å². The number of ether oxygens (including phenoxy) is 1. The quantitative estimate of drug-likeness (QED) is 0.635. The fourth-order valence-corrected chi connectivity index (χ4v) is 0.846. The summed E-state index contributed by atoms with van der Waals surface area (Å²) in [6, 6.07) is 7.58. The predicted octanol–water partition coefficient (Wildman–Crippen LogP) is 1.97. The van der Waals surface area contributed by atoms with Gasteiger partial charge in [0.1, 0.15) is 11.9 Å². The van der Waals surface area contributed by atoms with Gasteiger partial charge in [-0.05, 0) is 36.8 Å². The Balaban J connectivity index is 2.52. The van der Waals surface area contributed by atoms with Crippen LogP contribution in [0.3, 0.4) is 0 Å². The molecule has 0 heterocycles. The fourth-order valence-electron chi connectivity index (χ4n) is 0.846. The fraction of sp³-hybridized carbons (Fsp3) is 0.0667. The maximum absolute atomic E-state index is 5.12. The van der Waals surface area contributed by atoms with Crippen LogP contribution in [0.4, 0.5) is 0 Å². The average Bonchev–Trinajstić information content (AvgIpc) is 2.30. The van der Waals surface area contributed by atoms with Gasteiger partial charge in [-0.2, -0.15) is 0 Å². The Kier molecular flexibility index (Phi) is 4.73. The second-order valence-corrected chi connectivity index (χ2v) is 2.79. The molecule has 16 heavy (non-hydrogen) atoms. The minimum atomic E-state index is 0.689. The SMILES string of the molecule is C#CC#CC#CC#COc1ccc(C)cc1. The summed E-state index contributed by atoms with van der Waals surface area (Å²) in [6.45, 7) is 2.01. The monoisotopic (exact) mass is 204 g/mol. The highest BCUT2D eigenvalue weighted by molar-refractivity contribution is 5.39. The van der Waals surface area contributed by atoms with Crippen LogP contribution in [0.5, 0.6) is 5.75 Å². The zero-order valence-corrected chi connectivity index (χ0v) is 8.79. The van der Waals surface area contributed by atoms with Crippen LogP contribution in [-0.4, -0.2) is 0 Å². The van der Waals surface area contributed by atoms with E-state index in [1.165, 1.54) is 5.56 Å². The normalized spacial score (nSPS) is 6.75. The van der Waals surface area contributed by atoms with E-state index in [1.807, 2.05) is 31.2 Å². The molecule has 1 aromatic rings. The zero-order valence-electron chi connectivity index (χ0n) is 8.79. The second-order valence-electron chi connectivity index (χ2n) is 2.79. The molecule has 0 fully saturated rings. The second kappa shape index (κ2) is 6.68. The molecule has 1 nitrogen and oxygen atoms in total. The number of hydrogen-bond acceptors (Lipinski definition) is 1. The lowest BCUT2D eigenvalue weighted by Gasteiger charge is -1.95. The molecule has 0 amide bonds. The van der Waals surface area contributed by atoms with Gasteiger partial charge in [-0.1, -0.05) is 17.7 Å². The van der Waals surface area contributed by atoms with E-state index in [-0.39, 0.29) is 0 Å². The summed E-state index contributed by atoms with van der Waals surface area (Å²) in [5.74, 6) is 15.1. The molecule has 0 aliphatic heterocycles. The van der Waals surface area contributed by atoms with Crippen molar-refractivity contribution in [3.63, 3.8) is 0 Å². The van der Waals surface area contributed by atoms with Gasteiger partial charge in [-0.3, -0.25) is 0 Å². The predicted molar refractivity (Wildman–Crippen MR) is 64.0 cm³/mol. The first-order chi connectivity index (χ1) is 7.83. The Morgan fingerprint density at radius 2 is 1.56 bits per heavy atom. The molecule has 0 aliphatic rings. The number of benzene rings is 1. The van der Waals surface area contributed by atoms with Crippen molar-refractivity contribution in [3.05, 3.63) is 29.8 Å². The number of rotatable bonds is 1. The number of terminal acetylenes is 1. The molecular formula is C15H8O. The van der Waals surface area contributed by atoms with E-state index in [4.69, 9.17) is 11.2 Å². The van der Waals surface area contributed by atoms with Crippen LogP contribution in [0.25, 0.3) is 0 Å². The summed E-state index contributed by atoms with van der Waals surface area (Å²) in [5, 5.41) is 0. The minimum absolute atomic E-state index is 0.689. The van der Waals surface area contributed by atoms with Gasteiger partial charge in [0, 0.05) is 17.8 Å². The average molecular weight is 204 g/mol. The van der Waals surface area contributed by atoms with Crippen molar-refractivity contribution in [2.75, 3.05) is 0 Å². The molecule has 0 radical (unpaired) electrons. The van der Waals surface area contributed by atoms with E-state index in [1.54, 1.807) is 0 Å². The number of hydrogen-bond donors (Lipinski definition) is 0. The third-order valence-corrected chi connectivity index (χ3v) is 1.56. The lowest BCUT2D eigenvalue weighted by molar-refractivity contribution is 0.520. The zero-order chi connectivity index (χ0) is 11.6. The van der Waals surface area contributed by atoms with E-state index < -0.39 is 0 Å². The van der Waals surface area contributed by atoms with Gasteiger partial charge >= 0.3 is 0 Å². The van der Waals surface area contributed by atoms with Crippen molar-refractivity contribution < 1.29 is 4.74 Å². The Morgan fingerprint density at radius 1 is 0.938 bits per heavy atom. The molecular weight excluding hydrogens is 196 g/mol. The van der Waals surface area contributed by atoms with Crippen molar-refractivity contribution in [2.45, 2.75) is 6.92 Å². The van der Waals surface area contributed by atoms with Crippen LogP contribution in [0.15, 0.2) is 24.3 Å². The van der Waals surface area contributed by atoms with E-state index in [9.17, 15) is 0 Å². The first kappa shape index (κ1) is 11.3. The molecule has 74 valence electrons. The Hall–Kier alpha value is -2.74. The van der Waals surface area contributed by atoms with Crippen LogP contribution in [-0.2, 0) is 0 Å². The molecule has 0 atom stereocenters. The molecule has 0 saturated heterocycles. The van der Waals surface area contributed by atoms with Crippen LogP contribution in [0.2, 0.25) is 0 Å². The summed E-state index contributed by atoms with van der Waals surface area (Å²) >= 11 is 0. The molecule has 0 unspecified atom stereocenters. The smallest absolute Gasteiger partial charge is 0.140 e. The summed E-state index contributed by atoms with van der Waals surface area (Å²) in [4.78, 5) is 0. The lowest BCUT2D eigenvalue weighted by Crippen LogP contribution is -1.81. The molecule has 1 aromatic carbocycles. The summed E-state index contributed by atoms with van der Waals surface area (Å²) in [5.41, 5.74) is 1.17. The van der Waals surface area contributed by atoms with Crippen molar-refractivity contribution in [1.29, 1.82) is 0 Å². The maximum Gasteiger partial charge on any atom is 0.140 e. The van der Waals surface area contributed by atoms with Gasteiger partial charge in [-0.25, -0.2) is 0 Å². The van der Waals surface area contributed by atoms with Gasteiger partial charge in [0.15, 0.2) is 0 Å².